The minimum atomic E-state index is -4.42. The van der Waals surface area contributed by atoms with Gasteiger partial charge < -0.3 is 15.2 Å². The monoisotopic (exact) mass is 357 g/mol. The number of aliphatic hydroxyl groups excluding tert-OH is 1. The van der Waals surface area contributed by atoms with E-state index < -0.39 is 11.7 Å². The van der Waals surface area contributed by atoms with Crippen LogP contribution in [0.3, 0.4) is 0 Å². The molecule has 0 aromatic heterocycles. The summed E-state index contributed by atoms with van der Waals surface area (Å²) in [7, 11) is 0. The summed E-state index contributed by atoms with van der Waals surface area (Å²) in [6.45, 7) is 3.04. The summed E-state index contributed by atoms with van der Waals surface area (Å²) >= 11 is 0. The second kappa shape index (κ2) is 8.01. The maximum atomic E-state index is 12.8. The fraction of sp³-hybridized carbons (Fsp3) is 0.500. The number of allylic oxidation sites excluding steroid dienone is 1. The predicted octanol–water partition coefficient (Wildman–Crippen LogP) is 3.01. The van der Waals surface area contributed by atoms with Gasteiger partial charge in [0.1, 0.15) is 0 Å². The molecule has 1 aromatic rings. The highest BCUT2D eigenvalue weighted by Gasteiger charge is 2.34. The maximum Gasteiger partial charge on any atom is 0.416 e. The highest BCUT2D eigenvalue weighted by Crippen LogP contribution is 2.32. The largest absolute Gasteiger partial charge is 0.416 e. The van der Waals surface area contributed by atoms with Crippen LogP contribution in [0.1, 0.15) is 30.9 Å². The minimum absolute atomic E-state index is 0.0122. The van der Waals surface area contributed by atoms with Crippen molar-refractivity contribution in [3.05, 3.63) is 41.5 Å². The van der Waals surface area contributed by atoms with Gasteiger partial charge in [-0.3, -0.25) is 4.79 Å². The molecule has 0 bridgehead atoms. The average molecular weight is 357 g/mol. The Balaban J connectivity index is 2.03. The molecule has 1 atom stereocenters. The molecule has 1 aliphatic heterocycles. The molecule has 1 aromatic carbocycles. The van der Waals surface area contributed by atoms with Gasteiger partial charge in [-0.25, -0.2) is 0 Å². The van der Waals surface area contributed by atoms with Crippen LogP contribution in [0.4, 0.5) is 13.2 Å². The van der Waals surface area contributed by atoms with Crippen molar-refractivity contribution in [1.82, 2.24) is 5.32 Å². The maximum absolute atomic E-state index is 12.8. The topological polar surface area (TPSA) is 58.6 Å². The molecule has 1 amide bonds. The van der Waals surface area contributed by atoms with Crippen LogP contribution in [0.5, 0.6) is 0 Å². The molecule has 1 heterocycles. The smallest absolute Gasteiger partial charge is 0.396 e. The molecule has 0 spiro atoms. The molecule has 1 fully saturated rings. The molecule has 1 aliphatic rings. The third-order valence-corrected chi connectivity index (χ3v) is 4.46. The molecule has 1 saturated heterocycles. The van der Waals surface area contributed by atoms with Crippen molar-refractivity contribution < 1.29 is 27.8 Å². The second-order valence-corrected chi connectivity index (χ2v) is 6.40. The molecule has 25 heavy (non-hydrogen) atoms. The van der Waals surface area contributed by atoms with E-state index in [9.17, 15) is 23.1 Å². The van der Waals surface area contributed by atoms with Gasteiger partial charge >= 0.3 is 6.18 Å². The third kappa shape index (κ3) is 5.31. The number of hydrogen-bond acceptors (Lipinski definition) is 3. The number of nitrogens with one attached hydrogen (secondary N) is 1. The SMILES string of the molecule is C/C(=C\C(=O)NCC1(CCO)CCOC1)c1cccc(C(F)(F)F)c1. The van der Waals surface area contributed by atoms with Crippen LogP contribution in [0.15, 0.2) is 30.3 Å². The number of aliphatic hydroxyl groups is 1. The highest BCUT2D eigenvalue weighted by molar-refractivity contribution is 5.94. The Labute approximate surface area is 144 Å². The molecule has 7 heteroatoms. The van der Waals surface area contributed by atoms with E-state index in [-0.39, 0.29) is 17.9 Å². The van der Waals surface area contributed by atoms with E-state index >= 15 is 0 Å². The number of alkyl halides is 3. The number of carbonyl (C=O) groups excluding carboxylic acids is 1. The van der Waals surface area contributed by atoms with Crippen molar-refractivity contribution in [1.29, 1.82) is 0 Å². The van der Waals surface area contributed by atoms with Crippen LogP contribution in [0.25, 0.3) is 5.57 Å². The minimum Gasteiger partial charge on any atom is -0.396 e. The lowest BCUT2D eigenvalue weighted by Gasteiger charge is -2.26. The molecule has 0 saturated carbocycles. The first kappa shape index (κ1) is 19.5. The molecule has 0 aliphatic carbocycles. The van der Waals surface area contributed by atoms with Gasteiger partial charge in [-0.1, -0.05) is 12.1 Å². The number of hydrogen-bond donors (Lipinski definition) is 2. The standard InChI is InChI=1S/C18H22F3NO3/c1-13(14-3-2-4-15(10-14)18(19,20)21)9-16(24)22-11-17(5-7-23)6-8-25-12-17/h2-4,9-10,23H,5-8,11-12H2,1H3,(H,22,24)/b13-9+. The van der Waals surface area contributed by atoms with E-state index in [1.165, 1.54) is 18.2 Å². The Bertz CT molecular complexity index is 635. The molecule has 2 N–H and O–H groups in total. The van der Waals surface area contributed by atoms with Gasteiger partial charge in [0, 0.05) is 31.2 Å². The normalized spacial score (nSPS) is 21.4. The first-order valence-corrected chi connectivity index (χ1v) is 8.08. The predicted molar refractivity (Wildman–Crippen MR) is 87.7 cm³/mol. The summed E-state index contributed by atoms with van der Waals surface area (Å²) in [5, 5.41) is 11.9. The highest BCUT2D eigenvalue weighted by atomic mass is 19.4. The summed E-state index contributed by atoms with van der Waals surface area (Å²) in [6, 6.07) is 4.87. The Morgan fingerprint density at radius 3 is 2.80 bits per heavy atom. The number of carbonyl (C=O) groups is 1. The lowest BCUT2D eigenvalue weighted by molar-refractivity contribution is -0.137. The Morgan fingerprint density at radius 1 is 1.44 bits per heavy atom. The van der Waals surface area contributed by atoms with Crippen LogP contribution < -0.4 is 5.32 Å². The quantitative estimate of drug-likeness (QED) is 0.770. The average Bonchev–Trinajstić information content (AvgIpc) is 3.02. The Morgan fingerprint density at radius 2 is 2.20 bits per heavy atom. The van der Waals surface area contributed by atoms with Crippen LogP contribution in [0.2, 0.25) is 0 Å². The van der Waals surface area contributed by atoms with Crippen molar-refractivity contribution in [3.63, 3.8) is 0 Å². The van der Waals surface area contributed by atoms with Crippen molar-refractivity contribution in [2.75, 3.05) is 26.4 Å². The van der Waals surface area contributed by atoms with Gasteiger partial charge in [-0.05, 0) is 43.0 Å². The molecule has 4 nitrogen and oxygen atoms in total. The Hall–Kier alpha value is -1.86. The molecular weight excluding hydrogens is 335 g/mol. The van der Waals surface area contributed by atoms with E-state index in [4.69, 9.17) is 4.74 Å². The number of amides is 1. The van der Waals surface area contributed by atoms with Crippen molar-refractivity contribution in [3.8, 4) is 0 Å². The zero-order valence-electron chi connectivity index (χ0n) is 14.0. The van der Waals surface area contributed by atoms with Crippen LogP contribution in [-0.4, -0.2) is 37.4 Å². The summed E-state index contributed by atoms with van der Waals surface area (Å²) in [4.78, 5) is 12.1. The zero-order valence-corrected chi connectivity index (χ0v) is 14.0. The van der Waals surface area contributed by atoms with E-state index in [1.807, 2.05) is 0 Å². The fourth-order valence-corrected chi connectivity index (χ4v) is 2.86. The molecular formula is C18H22F3NO3. The lowest BCUT2D eigenvalue weighted by atomic mass is 9.84. The van der Waals surface area contributed by atoms with E-state index in [0.717, 1.165) is 18.6 Å². The fourth-order valence-electron chi connectivity index (χ4n) is 2.86. The summed E-state index contributed by atoms with van der Waals surface area (Å²) in [5.74, 6) is -0.376. The summed E-state index contributed by atoms with van der Waals surface area (Å²) in [6.07, 6.45) is -1.84. The third-order valence-electron chi connectivity index (χ3n) is 4.46. The summed E-state index contributed by atoms with van der Waals surface area (Å²) < 4.78 is 43.7. The van der Waals surface area contributed by atoms with Gasteiger partial charge in [0.2, 0.25) is 5.91 Å². The molecule has 0 radical (unpaired) electrons. The lowest BCUT2D eigenvalue weighted by Crippen LogP contribution is -2.38. The van der Waals surface area contributed by atoms with E-state index in [0.29, 0.717) is 37.3 Å². The Kier molecular flexibility index (Phi) is 6.24. The van der Waals surface area contributed by atoms with Crippen molar-refractivity contribution >= 4 is 11.5 Å². The van der Waals surface area contributed by atoms with E-state index in [1.54, 1.807) is 6.92 Å². The van der Waals surface area contributed by atoms with Gasteiger partial charge in [0.05, 0.1) is 12.2 Å². The van der Waals surface area contributed by atoms with Gasteiger partial charge in [0.25, 0.3) is 0 Å². The number of ether oxygens (including phenoxy) is 1. The molecule has 1 unspecified atom stereocenters. The number of rotatable bonds is 6. The number of halogens is 3. The van der Waals surface area contributed by atoms with Crippen LogP contribution in [0, 0.1) is 5.41 Å². The summed E-state index contributed by atoms with van der Waals surface area (Å²) in [5.41, 5.74) is -0.229. The van der Waals surface area contributed by atoms with Crippen LogP contribution >= 0.6 is 0 Å². The van der Waals surface area contributed by atoms with Gasteiger partial charge in [0.15, 0.2) is 0 Å². The number of benzene rings is 1. The van der Waals surface area contributed by atoms with Crippen LogP contribution in [-0.2, 0) is 15.7 Å². The van der Waals surface area contributed by atoms with Gasteiger partial charge in [-0.2, -0.15) is 13.2 Å². The zero-order chi connectivity index (χ0) is 18.5. The first-order valence-electron chi connectivity index (χ1n) is 8.08. The van der Waals surface area contributed by atoms with Gasteiger partial charge in [-0.15, -0.1) is 0 Å². The first-order chi connectivity index (χ1) is 11.8. The van der Waals surface area contributed by atoms with E-state index in [2.05, 4.69) is 5.32 Å². The molecule has 138 valence electrons. The van der Waals surface area contributed by atoms with Crippen molar-refractivity contribution in [2.45, 2.75) is 25.9 Å². The molecule has 2 rings (SSSR count). The van der Waals surface area contributed by atoms with Crippen molar-refractivity contribution in [2.24, 2.45) is 5.41 Å². The second-order valence-electron chi connectivity index (χ2n) is 6.40.